The highest BCUT2D eigenvalue weighted by atomic mass is 16.5. The van der Waals surface area contributed by atoms with Crippen LogP contribution in [0.1, 0.15) is 37.6 Å². The molecule has 1 aromatic carbocycles. The van der Waals surface area contributed by atoms with E-state index in [2.05, 4.69) is 29.6 Å². The Morgan fingerprint density at radius 3 is 2.87 bits per heavy atom. The molecule has 0 saturated carbocycles. The summed E-state index contributed by atoms with van der Waals surface area (Å²) in [6.07, 6.45) is 1.03. The van der Waals surface area contributed by atoms with Crippen LogP contribution >= 0.6 is 0 Å². The molecule has 2 N–H and O–H groups in total. The number of anilines is 1. The Morgan fingerprint density at radius 1 is 1.43 bits per heavy atom. The predicted octanol–water partition coefficient (Wildman–Crippen LogP) is 2.38. The number of rotatable bonds is 7. The Labute approximate surface area is 139 Å². The van der Waals surface area contributed by atoms with Gasteiger partial charge in [-0.3, -0.25) is 4.79 Å². The Balaban J connectivity index is 1.95. The molecule has 23 heavy (non-hydrogen) atoms. The SMILES string of the molecule is CC(NCCCN(C)C)C(=O)c1ccc2c(c1)NCC(C)(C)O2. The van der Waals surface area contributed by atoms with E-state index in [0.717, 1.165) is 37.5 Å². The molecule has 2 rings (SSSR count). The van der Waals surface area contributed by atoms with Gasteiger partial charge in [0.1, 0.15) is 11.4 Å². The monoisotopic (exact) mass is 319 g/mol. The summed E-state index contributed by atoms with van der Waals surface area (Å²) in [7, 11) is 4.11. The van der Waals surface area contributed by atoms with E-state index in [4.69, 9.17) is 4.74 Å². The van der Waals surface area contributed by atoms with Crippen molar-refractivity contribution in [2.24, 2.45) is 0 Å². The van der Waals surface area contributed by atoms with Gasteiger partial charge in [0.25, 0.3) is 0 Å². The summed E-state index contributed by atoms with van der Waals surface area (Å²) in [5.74, 6) is 0.925. The molecule has 1 heterocycles. The normalized spacial score (nSPS) is 17.1. The maximum atomic E-state index is 12.5. The smallest absolute Gasteiger partial charge is 0.179 e. The highest BCUT2D eigenvalue weighted by Gasteiger charge is 2.27. The molecule has 1 aromatic rings. The average molecular weight is 319 g/mol. The molecular formula is C18H29N3O2. The number of ether oxygens (including phenoxy) is 1. The van der Waals surface area contributed by atoms with Crippen LogP contribution in [0.3, 0.4) is 0 Å². The van der Waals surface area contributed by atoms with Gasteiger partial charge < -0.3 is 20.3 Å². The fraction of sp³-hybridized carbons (Fsp3) is 0.611. The van der Waals surface area contributed by atoms with E-state index in [-0.39, 0.29) is 17.4 Å². The lowest BCUT2D eigenvalue weighted by atomic mass is 10.0. The quantitative estimate of drug-likeness (QED) is 0.597. The van der Waals surface area contributed by atoms with Gasteiger partial charge in [-0.05, 0) is 72.6 Å². The first-order chi connectivity index (χ1) is 10.8. The minimum atomic E-state index is -0.222. The second-order valence-corrected chi connectivity index (χ2v) is 7.12. The van der Waals surface area contributed by atoms with Gasteiger partial charge in [0.15, 0.2) is 5.78 Å². The predicted molar refractivity (Wildman–Crippen MR) is 94.6 cm³/mol. The number of carbonyl (C=O) groups is 1. The van der Waals surface area contributed by atoms with Crippen molar-refractivity contribution in [3.8, 4) is 5.75 Å². The Bertz CT molecular complexity index is 555. The molecule has 0 aromatic heterocycles. The summed E-state index contributed by atoms with van der Waals surface area (Å²) in [5, 5.41) is 6.65. The summed E-state index contributed by atoms with van der Waals surface area (Å²) < 4.78 is 5.92. The average Bonchev–Trinajstić information content (AvgIpc) is 2.49. The van der Waals surface area contributed by atoms with Gasteiger partial charge in [-0.2, -0.15) is 0 Å². The molecule has 1 unspecified atom stereocenters. The van der Waals surface area contributed by atoms with Gasteiger partial charge >= 0.3 is 0 Å². The zero-order valence-corrected chi connectivity index (χ0v) is 14.9. The van der Waals surface area contributed by atoms with Crippen LogP contribution in [-0.2, 0) is 0 Å². The van der Waals surface area contributed by atoms with Crippen LogP contribution in [0.4, 0.5) is 5.69 Å². The third-order valence-electron chi connectivity index (χ3n) is 3.98. The van der Waals surface area contributed by atoms with Crippen molar-refractivity contribution in [3.63, 3.8) is 0 Å². The number of ketones is 1. The van der Waals surface area contributed by atoms with Gasteiger partial charge in [-0.1, -0.05) is 0 Å². The molecule has 0 aliphatic carbocycles. The topological polar surface area (TPSA) is 53.6 Å². The number of Topliss-reactive ketones (excluding diaryl/α,β-unsaturated/α-hetero) is 1. The molecule has 0 saturated heterocycles. The van der Waals surface area contributed by atoms with E-state index in [1.165, 1.54) is 0 Å². The third kappa shape index (κ3) is 4.94. The summed E-state index contributed by atoms with van der Waals surface area (Å²) in [6, 6.07) is 5.44. The second-order valence-electron chi connectivity index (χ2n) is 7.12. The van der Waals surface area contributed by atoms with E-state index < -0.39 is 0 Å². The molecule has 0 bridgehead atoms. The number of nitrogens with one attached hydrogen (secondary N) is 2. The molecule has 0 fully saturated rings. The zero-order valence-electron chi connectivity index (χ0n) is 14.9. The van der Waals surface area contributed by atoms with E-state index in [0.29, 0.717) is 5.56 Å². The Morgan fingerprint density at radius 2 is 2.17 bits per heavy atom. The highest BCUT2D eigenvalue weighted by molar-refractivity contribution is 6.01. The van der Waals surface area contributed by atoms with Crippen LogP contribution in [0.2, 0.25) is 0 Å². The maximum absolute atomic E-state index is 12.5. The van der Waals surface area contributed by atoms with E-state index in [1.807, 2.05) is 39.0 Å². The minimum absolute atomic E-state index is 0.115. The number of nitrogens with zero attached hydrogens (tertiary/aromatic N) is 1. The van der Waals surface area contributed by atoms with E-state index in [9.17, 15) is 4.79 Å². The van der Waals surface area contributed by atoms with Crippen LogP contribution in [0, 0.1) is 0 Å². The number of carbonyl (C=O) groups excluding carboxylic acids is 1. The van der Waals surface area contributed by atoms with Crippen molar-refractivity contribution in [3.05, 3.63) is 23.8 Å². The van der Waals surface area contributed by atoms with Crippen LogP contribution < -0.4 is 15.4 Å². The molecule has 0 radical (unpaired) electrons. The van der Waals surface area contributed by atoms with Gasteiger partial charge in [0.05, 0.1) is 18.3 Å². The van der Waals surface area contributed by atoms with Crippen molar-refractivity contribution < 1.29 is 9.53 Å². The highest BCUT2D eigenvalue weighted by Crippen LogP contribution is 2.33. The number of benzene rings is 1. The maximum Gasteiger partial charge on any atom is 0.179 e. The molecule has 1 aliphatic rings. The van der Waals surface area contributed by atoms with Crippen LogP contribution in [0.5, 0.6) is 5.75 Å². The first-order valence-electron chi connectivity index (χ1n) is 8.28. The molecule has 1 aliphatic heterocycles. The summed E-state index contributed by atoms with van der Waals surface area (Å²) in [5.41, 5.74) is 1.39. The number of hydrogen-bond acceptors (Lipinski definition) is 5. The largest absolute Gasteiger partial charge is 0.484 e. The molecule has 128 valence electrons. The number of fused-ring (bicyclic) bond motifs is 1. The van der Waals surface area contributed by atoms with Crippen LogP contribution in [0.15, 0.2) is 18.2 Å². The fourth-order valence-corrected chi connectivity index (χ4v) is 2.61. The van der Waals surface area contributed by atoms with Crippen molar-refractivity contribution in [1.29, 1.82) is 0 Å². The Kier molecular flexibility index (Phi) is 5.65. The number of hydrogen-bond donors (Lipinski definition) is 2. The van der Waals surface area contributed by atoms with Gasteiger partial charge in [0, 0.05) is 5.56 Å². The van der Waals surface area contributed by atoms with Crippen LogP contribution in [0.25, 0.3) is 0 Å². The van der Waals surface area contributed by atoms with Crippen molar-refractivity contribution >= 4 is 11.5 Å². The second kappa shape index (κ2) is 7.32. The summed E-state index contributed by atoms with van der Waals surface area (Å²) in [4.78, 5) is 14.7. The zero-order chi connectivity index (χ0) is 17.0. The van der Waals surface area contributed by atoms with Gasteiger partial charge in [-0.15, -0.1) is 0 Å². The summed E-state index contributed by atoms with van der Waals surface area (Å²) in [6.45, 7) is 8.60. The minimum Gasteiger partial charge on any atom is -0.484 e. The lowest BCUT2D eigenvalue weighted by molar-refractivity contribution is 0.0950. The lowest BCUT2D eigenvalue weighted by Gasteiger charge is -2.33. The first-order valence-corrected chi connectivity index (χ1v) is 8.28. The molecule has 5 nitrogen and oxygen atoms in total. The molecular weight excluding hydrogens is 290 g/mol. The third-order valence-corrected chi connectivity index (χ3v) is 3.98. The van der Waals surface area contributed by atoms with Gasteiger partial charge in [0.2, 0.25) is 0 Å². The molecule has 0 spiro atoms. The van der Waals surface area contributed by atoms with Crippen molar-refractivity contribution in [2.45, 2.75) is 38.8 Å². The first kappa shape index (κ1) is 17.8. The molecule has 0 amide bonds. The fourth-order valence-electron chi connectivity index (χ4n) is 2.61. The Hall–Kier alpha value is -1.59. The van der Waals surface area contributed by atoms with E-state index >= 15 is 0 Å². The lowest BCUT2D eigenvalue weighted by Crippen LogP contribution is -2.40. The summed E-state index contributed by atoms with van der Waals surface area (Å²) >= 11 is 0. The van der Waals surface area contributed by atoms with Crippen molar-refractivity contribution in [2.75, 3.05) is 39.0 Å². The van der Waals surface area contributed by atoms with Gasteiger partial charge in [-0.25, -0.2) is 0 Å². The molecule has 1 atom stereocenters. The van der Waals surface area contributed by atoms with Crippen LogP contribution in [-0.4, -0.2) is 56.1 Å². The standard InChI is InChI=1S/C18H29N3O2/c1-13(19-9-6-10-21(4)5)17(22)14-7-8-16-15(11-14)20-12-18(2,3)23-16/h7-8,11,13,19-20H,6,9-10,12H2,1-5H3. The van der Waals surface area contributed by atoms with E-state index in [1.54, 1.807) is 0 Å². The van der Waals surface area contributed by atoms with Crippen molar-refractivity contribution in [1.82, 2.24) is 10.2 Å². The molecule has 5 heteroatoms.